The molecule has 3 aromatic carbocycles. The van der Waals surface area contributed by atoms with Crippen LogP contribution in [0.4, 0.5) is 11.4 Å². The third-order valence-corrected chi connectivity index (χ3v) is 7.33. The molecule has 1 heterocycles. The maximum Gasteiger partial charge on any atom is 0.264 e. The third-order valence-electron chi connectivity index (χ3n) is 5.50. The summed E-state index contributed by atoms with van der Waals surface area (Å²) in [6.45, 7) is 2.67. The zero-order chi connectivity index (χ0) is 23.4. The van der Waals surface area contributed by atoms with Crippen molar-refractivity contribution in [3.05, 3.63) is 77.9 Å². The van der Waals surface area contributed by atoms with Crippen LogP contribution in [0.2, 0.25) is 0 Å². The van der Waals surface area contributed by atoms with Gasteiger partial charge in [-0.3, -0.25) is 9.10 Å². The van der Waals surface area contributed by atoms with Crippen molar-refractivity contribution in [1.29, 1.82) is 0 Å². The zero-order valence-electron chi connectivity index (χ0n) is 18.6. The standard InChI is InChI=1S/C25H26N2O5S/c1-3-32-24-9-5-4-8-22(24)25(28)26-19-11-10-18-7-6-16-27(23(18)17-19)33(29,30)21-14-12-20(31-2)13-15-21/h4-5,8-15,17H,3,6-7,16H2,1-2H3,(H,26,28). The number of amides is 1. The second-order valence-electron chi connectivity index (χ2n) is 7.58. The normalized spacial score (nSPS) is 13.2. The molecule has 7 nitrogen and oxygen atoms in total. The van der Waals surface area contributed by atoms with Crippen LogP contribution >= 0.6 is 0 Å². The highest BCUT2D eigenvalue weighted by atomic mass is 32.2. The Hall–Kier alpha value is -3.52. The number of nitrogens with one attached hydrogen (secondary N) is 1. The lowest BCUT2D eigenvalue weighted by molar-refractivity contribution is 0.102. The first-order valence-corrected chi connectivity index (χ1v) is 12.2. The topological polar surface area (TPSA) is 84.9 Å². The smallest absolute Gasteiger partial charge is 0.264 e. The molecule has 1 N–H and O–H groups in total. The highest BCUT2D eigenvalue weighted by Crippen LogP contribution is 2.35. The first-order chi connectivity index (χ1) is 15.9. The van der Waals surface area contributed by atoms with Gasteiger partial charge in [0.2, 0.25) is 0 Å². The molecule has 0 saturated carbocycles. The summed E-state index contributed by atoms with van der Waals surface area (Å²) in [7, 11) is -2.23. The predicted octanol–water partition coefficient (Wildman–Crippen LogP) is 4.49. The fraction of sp³-hybridized carbons (Fsp3) is 0.240. The number of carbonyl (C=O) groups excluding carboxylic acids is 1. The number of methoxy groups -OCH3 is 1. The van der Waals surface area contributed by atoms with Crippen LogP contribution in [0.3, 0.4) is 0 Å². The minimum absolute atomic E-state index is 0.191. The van der Waals surface area contributed by atoms with Crippen LogP contribution in [0.15, 0.2) is 71.6 Å². The average Bonchev–Trinajstić information content (AvgIpc) is 2.84. The Morgan fingerprint density at radius 2 is 1.82 bits per heavy atom. The molecule has 8 heteroatoms. The van der Waals surface area contributed by atoms with Crippen molar-refractivity contribution < 1.29 is 22.7 Å². The number of fused-ring (bicyclic) bond motifs is 1. The Kier molecular flexibility index (Phi) is 6.55. The highest BCUT2D eigenvalue weighted by Gasteiger charge is 2.29. The third kappa shape index (κ3) is 4.66. The van der Waals surface area contributed by atoms with Crippen LogP contribution in [0.5, 0.6) is 11.5 Å². The van der Waals surface area contributed by atoms with Crippen molar-refractivity contribution in [2.24, 2.45) is 0 Å². The van der Waals surface area contributed by atoms with Gasteiger partial charge in [-0.25, -0.2) is 8.42 Å². The molecular formula is C25H26N2O5S. The van der Waals surface area contributed by atoms with Gasteiger partial charge in [-0.15, -0.1) is 0 Å². The lowest BCUT2D eigenvalue weighted by Gasteiger charge is -2.31. The number of rotatable bonds is 7. The minimum atomic E-state index is -3.77. The van der Waals surface area contributed by atoms with Crippen molar-refractivity contribution in [2.45, 2.75) is 24.7 Å². The van der Waals surface area contributed by atoms with E-state index in [0.717, 1.165) is 18.4 Å². The van der Waals surface area contributed by atoms with Gasteiger partial charge in [0, 0.05) is 12.2 Å². The summed E-state index contributed by atoms with van der Waals surface area (Å²) in [6, 6.07) is 18.7. The average molecular weight is 467 g/mol. The fourth-order valence-corrected chi connectivity index (χ4v) is 5.41. The maximum atomic E-state index is 13.4. The summed E-state index contributed by atoms with van der Waals surface area (Å²) in [5.74, 6) is 0.767. The molecule has 0 atom stereocenters. The van der Waals surface area contributed by atoms with Gasteiger partial charge in [0.1, 0.15) is 11.5 Å². The Morgan fingerprint density at radius 3 is 2.55 bits per heavy atom. The van der Waals surface area contributed by atoms with Crippen LogP contribution in [0, 0.1) is 0 Å². The van der Waals surface area contributed by atoms with Gasteiger partial charge in [-0.2, -0.15) is 0 Å². The number of benzene rings is 3. The van der Waals surface area contributed by atoms with Crippen LogP contribution in [-0.4, -0.2) is 34.6 Å². The van der Waals surface area contributed by atoms with E-state index in [1.165, 1.54) is 11.4 Å². The number of hydrogen-bond donors (Lipinski definition) is 1. The van der Waals surface area contributed by atoms with E-state index in [0.29, 0.717) is 41.6 Å². The largest absolute Gasteiger partial charge is 0.497 e. The van der Waals surface area contributed by atoms with E-state index in [-0.39, 0.29) is 10.8 Å². The molecule has 0 saturated heterocycles. The molecule has 1 aliphatic heterocycles. The second-order valence-corrected chi connectivity index (χ2v) is 9.45. The van der Waals surface area contributed by atoms with Crippen LogP contribution in [0.25, 0.3) is 0 Å². The summed E-state index contributed by atoms with van der Waals surface area (Å²) in [4.78, 5) is 13.1. The van der Waals surface area contributed by atoms with Gasteiger partial charge in [0.05, 0.1) is 29.9 Å². The number of para-hydroxylation sites is 1. The number of hydrogen-bond acceptors (Lipinski definition) is 5. The molecule has 172 valence electrons. The van der Waals surface area contributed by atoms with Gasteiger partial charge in [0.25, 0.3) is 15.9 Å². The van der Waals surface area contributed by atoms with Gasteiger partial charge < -0.3 is 14.8 Å². The SMILES string of the molecule is CCOc1ccccc1C(=O)Nc1ccc2c(c1)N(S(=O)(=O)c1ccc(OC)cc1)CCC2. The Morgan fingerprint density at radius 1 is 1.06 bits per heavy atom. The first-order valence-electron chi connectivity index (χ1n) is 10.8. The van der Waals surface area contributed by atoms with E-state index < -0.39 is 10.0 Å². The molecule has 33 heavy (non-hydrogen) atoms. The number of nitrogens with zero attached hydrogens (tertiary/aromatic N) is 1. The van der Waals surface area contributed by atoms with Crippen LogP contribution in [-0.2, 0) is 16.4 Å². The van der Waals surface area contributed by atoms with E-state index in [2.05, 4.69) is 5.32 Å². The molecule has 0 bridgehead atoms. The number of aryl methyl sites for hydroxylation is 1. The summed E-state index contributed by atoms with van der Waals surface area (Å²) in [5, 5.41) is 2.88. The maximum absolute atomic E-state index is 13.4. The van der Waals surface area contributed by atoms with E-state index in [1.807, 2.05) is 19.1 Å². The van der Waals surface area contributed by atoms with Crippen LogP contribution in [0.1, 0.15) is 29.3 Å². The minimum Gasteiger partial charge on any atom is -0.497 e. The molecule has 0 radical (unpaired) electrons. The van der Waals surface area contributed by atoms with E-state index in [1.54, 1.807) is 54.6 Å². The summed E-state index contributed by atoms with van der Waals surface area (Å²) in [5.41, 5.74) is 2.43. The fourth-order valence-electron chi connectivity index (χ4n) is 3.88. The predicted molar refractivity (Wildman–Crippen MR) is 128 cm³/mol. The Balaban J connectivity index is 1.64. The van der Waals surface area contributed by atoms with Crippen molar-refractivity contribution >= 4 is 27.3 Å². The monoisotopic (exact) mass is 466 g/mol. The first kappa shape index (κ1) is 22.7. The second kappa shape index (κ2) is 9.54. The van der Waals surface area contributed by atoms with E-state index in [4.69, 9.17) is 9.47 Å². The molecule has 0 aliphatic carbocycles. The molecule has 0 spiro atoms. The van der Waals surface area contributed by atoms with Crippen LogP contribution < -0.4 is 19.1 Å². The molecule has 1 aliphatic rings. The van der Waals surface area contributed by atoms with Crippen molar-refractivity contribution in [3.63, 3.8) is 0 Å². The van der Waals surface area contributed by atoms with Gasteiger partial charge in [0.15, 0.2) is 0 Å². The molecule has 0 aromatic heterocycles. The lowest BCUT2D eigenvalue weighted by atomic mass is 10.0. The summed E-state index contributed by atoms with van der Waals surface area (Å²) < 4.78 is 38.9. The molecule has 1 amide bonds. The molecule has 0 unspecified atom stereocenters. The number of ether oxygens (including phenoxy) is 2. The van der Waals surface area contributed by atoms with E-state index >= 15 is 0 Å². The highest BCUT2D eigenvalue weighted by molar-refractivity contribution is 7.92. The van der Waals surface area contributed by atoms with Crippen molar-refractivity contribution in [2.75, 3.05) is 29.9 Å². The van der Waals surface area contributed by atoms with Gasteiger partial charge >= 0.3 is 0 Å². The van der Waals surface area contributed by atoms with Gasteiger partial charge in [-0.1, -0.05) is 18.2 Å². The quantitative estimate of drug-likeness (QED) is 0.555. The van der Waals surface area contributed by atoms with Crippen molar-refractivity contribution in [3.8, 4) is 11.5 Å². The Bertz CT molecular complexity index is 1260. The number of anilines is 2. The van der Waals surface area contributed by atoms with Crippen molar-refractivity contribution in [1.82, 2.24) is 0 Å². The summed E-state index contributed by atoms with van der Waals surface area (Å²) >= 11 is 0. The zero-order valence-corrected chi connectivity index (χ0v) is 19.4. The number of carbonyl (C=O) groups is 1. The molecule has 0 fully saturated rings. The summed E-state index contributed by atoms with van der Waals surface area (Å²) in [6.07, 6.45) is 1.49. The lowest BCUT2D eigenvalue weighted by Crippen LogP contribution is -2.35. The molecule has 4 rings (SSSR count). The Labute approximate surface area is 194 Å². The van der Waals surface area contributed by atoms with E-state index in [9.17, 15) is 13.2 Å². The molecule has 3 aromatic rings. The van der Waals surface area contributed by atoms with Gasteiger partial charge in [-0.05, 0) is 73.9 Å². The number of sulfonamides is 1. The molecular weight excluding hydrogens is 440 g/mol.